The minimum atomic E-state index is -4.89. The van der Waals surface area contributed by atoms with Gasteiger partial charge in [0.25, 0.3) is 0 Å². The molecule has 6 rings (SSSR count). The molecule has 2 aliphatic rings. The van der Waals surface area contributed by atoms with Gasteiger partial charge in [-0.3, -0.25) is 4.79 Å². The second-order valence-electron chi connectivity index (χ2n) is 12.9. The average molecular weight is 698 g/mol. The number of carboxylic acid groups (broad SMARTS) is 1. The van der Waals surface area contributed by atoms with Gasteiger partial charge in [0.1, 0.15) is 11.9 Å². The molecule has 0 amide bonds. The van der Waals surface area contributed by atoms with Crippen molar-refractivity contribution in [1.29, 1.82) is 0 Å². The first kappa shape index (κ1) is 34.9. The second-order valence-corrected chi connectivity index (χ2v) is 12.9. The number of nitrogens with zero attached hydrogens (tertiary/aromatic N) is 5. The number of anilines is 2. The van der Waals surface area contributed by atoms with E-state index in [4.69, 9.17) is 15.2 Å². The summed E-state index contributed by atoms with van der Waals surface area (Å²) in [6.07, 6.45) is -2.31. The van der Waals surface area contributed by atoms with Gasteiger partial charge in [0.15, 0.2) is 11.6 Å². The van der Waals surface area contributed by atoms with Crippen molar-refractivity contribution in [3.05, 3.63) is 71.8 Å². The molecule has 11 nitrogen and oxygen atoms in total. The number of halogens is 4. The van der Waals surface area contributed by atoms with E-state index in [2.05, 4.69) is 20.4 Å². The van der Waals surface area contributed by atoms with Crippen LogP contribution in [0.5, 0.6) is 11.6 Å². The van der Waals surface area contributed by atoms with Gasteiger partial charge in [0, 0.05) is 37.5 Å². The van der Waals surface area contributed by atoms with E-state index in [9.17, 15) is 27.5 Å². The third-order valence-corrected chi connectivity index (χ3v) is 9.35. The molecule has 1 spiro atoms. The zero-order valence-corrected chi connectivity index (χ0v) is 27.7. The summed E-state index contributed by atoms with van der Waals surface area (Å²) in [5, 5.41) is 16.8. The van der Waals surface area contributed by atoms with Crippen molar-refractivity contribution in [3.63, 3.8) is 0 Å². The Kier molecular flexibility index (Phi) is 9.87. The first-order valence-electron chi connectivity index (χ1n) is 16.5. The number of benzene rings is 2. The molecular formula is C35H39F4N7O4. The highest BCUT2D eigenvalue weighted by atomic mass is 19.4. The number of aryl methyl sites for hydroxylation is 1. The molecule has 15 heteroatoms. The number of carboxylic acids is 1. The summed E-state index contributed by atoms with van der Waals surface area (Å²) in [5.74, 6) is -1.68. The molecule has 0 bridgehead atoms. The molecule has 50 heavy (non-hydrogen) atoms. The Morgan fingerprint density at radius 3 is 2.50 bits per heavy atom. The Bertz CT molecular complexity index is 1840. The molecule has 4 heterocycles. The molecule has 0 saturated carbocycles. The van der Waals surface area contributed by atoms with E-state index >= 15 is 0 Å². The highest BCUT2D eigenvalue weighted by Gasteiger charge is 2.46. The van der Waals surface area contributed by atoms with Crippen LogP contribution in [-0.2, 0) is 4.79 Å². The van der Waals surface area contributed by atoms with Gasteiger partial charge in [0.2, 0.25) is 17.9 Å². The van der Waals surface area contributed by atoms with Crippen LogP contribution in [0.4, 0.5) is 29.3 Å². The number of piperidine rings is 1. The van der Waals surface area contributed by atoms with Gasteiger partial charge in [0.05, 0.1) is 18.0 Å². The predicted octanol–water partition coefficient (Wildman–Crippen LogP) is 6.25. The lowest BCUT2D eigenvalue weighted by atomic mass is 9.76. The third-order valence-electron chi connectivity index (χ3n) is 9.35. The zero-order valence-electron chi connectivity index (χ0n) is 27.7. The summed E-state index contributed by atoms with van der Waals surface area (Å²) < 4.78 is 72.1. The Morgan fingerprint density at radius 1 is 1.12 bits per heavy atom. The van der Waals surface area contributed by atoms with E-state index in [0.717, 1.165) is 12.8 Å². The number of rotatable bonds is 11. The maximum atomic E-state index is 15.0. The van der Waals surface area contributed by atoms with E-state index in [-0.39, 0.29) is 34.2 Å². The summed E-state index contributed by atoms with van der Waals surface area (Å²) in [7, 11) is 0. The van der Waals surface area contributed by atoms with E-state index in [0.29, 0.717) is 68.1 Å². The fourth-order valence-corrected chi connectivity index (χ4v) is 6.58. The number of hydrogen-bond donors (Lipinski definition) is 3. The lowest BCUT2D eigenvalue weighted by molar-refractivity contribution is -0.198. The molecule has 1 unspecified atom stereocenters. The molecule has 2 saturated heterocycles. The topological polar surface area (TPSA) is 141 Å². The van der Waals surface area contributed by atoms with Crippen molar-refractivity contribution < 1.29 is 36.9 Å². The summed E-state index contributed by atoms with van der Waals surface area (Å²) in [4.78, 5) is 21.6. The largest absolute Gasteiger partial charge is 0.491 e. The van der Waals surface area contributed by atoms with Crippen molar-refractivity contribution in [2.45, 2.75) is 64.3 Å². The van der Waals surface area contributed by atoms with E-state index in [1.165, 1.54) is 41.1 Å². The quantitative estimate of drug-likeness (QED) is 0.122. The van der Waals surface area contributed by atoms with Crippen LogP contribution >= 0.6 is 0 Å². The molecule has 2 aromatic carbocycles. The first-order valence-corrected chi connectivity index (χ1v) is 16.5. The number of aliphatic carboxylic acids is 1. The highest BCUT2D eigenvalue weighted by Crippen LogP contribution is 2.43. The standard InChI is InChI=1S/C35H39F4N7O4/c1-3-4-15-49-28-8-6-22(16-25(28)36)23-5-7-24(27(17-23)46-12-9-21(2)44-46)31(35(37,38)39)50-30-18-29(42-33(40)43-30)45-13-10-34(11-14-45)19-26(32(47)48)41-20-34/h5-9,12,16-18,26,31,41H,3-4,10-11,13-15,19-20H2,1-2H3,(H,47,48)(H2,40,42,43)/t26?,31-/m1/s1. The summed E-state index contributed by atoms with van der Waals surface area (Å²) >= 11 is 0. The number of hydrogen-bond acceptors (Lipinski definition) is 9. The predicted molar refractivity (Wildman–Crippen MR) is 178 cm³/mol. The van der Waals surface area contributed by atoms with E-state index < -0.39 is 30.1 Å². The number of carbonyl (C=O) groups is 1. The van der Waals surface area contributed by atoms with Gasteiger partial charge in [-0.05, 0) is 73.4 Å². The average Bonchev–Trinajstić information content (AvgIpc) is 3.70. The molecule has 266 valence electrons. The van der Waals surface area contributed by atoms with Crippen LogP contribution in [0.25, 0.3) is 16.8 Å². The van der Waals surface area contributed by atoms with Gasteiger partial charge in [-0.2, -0.15) is 28.2 Å². The Balaban J connectivity index is 1.29. The highest BCUT2D eigenvalue weighted by molar-refractivity contribution is 5.74. The minimum absolute atomic E-state index is 0.0787. The van der Waals surface area contributed by atoms with Gasteiger partial charge in [-0.15, -0.1) is 0 Å². The van der Waals surface area contributed by atoms with Crippen LogP contribution in [0.15, 0.2) is 54.7 Å². The molecule has 0 radical (unpaired) electrons. The molecule has 2 atom stereocenters. The zero-order chi connectivity index (χ0) is 35.6. The maximum Gasteiger partial charge on any atom is 0.429 e. The van der Waals surface area contributed by atoms with Crippen LogP contribution in [0, 0.1) is 18.2 Å². The first-order chi connectivity index (χ1) is 23.8. The summed E-state index contributed by atoms with van der Waals surface area (Å²) in [5.41, 5.74) is 7.11. The molecule has 2 aromatic heterocycles. The van der Waals surface area contributed by atoms with E-state index in [1.54, 1.807) is 25.3 Å². The molecule has 4 N–H and O–H groups in total. The van der Waals surface area contributed by atoms with Crippen LogP contribution < -0.4 is 25.4 Å². The van der Waals surface area contributed by atoms with Crippen molar-refractivity contribution >= 4 is 17.7 Å². The lowest BCUT2D eigenvalue weighted by Gasteiger charge is -2.39. The molecular weight excluding hydrogens is 658 g/mol. The van der Waals surface area contributed by atoms with Crippen LogP contribution in [0.2, 0.25) is 0 Å². The number of unbranched alkanes of at least 4 members (excludes halogenated alkanes) is 1. The number of ether oxygens (including phenoxy) is 2. The number of nitrogens with two attached hydrogens (primary N) is 1. The summed E-state index contributed by atoms with van der Waals surface area (Å²) in [6, 6.07) is 11.1. The summed E-state index contributed by atoms with van der Waals surface area (Å²) in [6.45, 7) is 5.67. The minimum Gasteiger partial charge on any atom is -0.491 e. The maximum absolute atomic E-state index is 15.0. The van der Waals surface area contributed by atoms with Crippen LogP contribution in [0.3, 0.4) is 0 Å². The lowest BCUT2D eigenvalue weighted by Crippen LogP contribution is -2.41. The molecule has 4 aromatic rings. The number of alkyl halides is 3. The fourth-order valence-electron chi connectivity index (χ4n) is 6.58. The molecule has 0 aliphatic carbocycles. The van der Waals surface area contributed by atoms with Crippen molar-refractivity contribution in [2.75, 3.05) is 36.9 Å². The van der Waals surface area contributed by atoms with Crippen LogP contribution in [0.1, 0.15) is 56.4 Å². The van der Waals surface area contributed by atoms with Crippen LogP contribution in [-0.4, -0.2) is 69.3 Å². The van der Waals surface area contributed by atoms with Crippen molar-refractivity contribution in [1.82, 2.24) is 25.1 Å². The number of aromatic nitrogens is 4. The van der Waals surface area contributed by atoms with Gasteiger partial charge >= 0.3 is 12.1 Å². The molecule has 2 fully saturated rings. The Labute approximate surface area is 286 Å². The van der Waals surface area contributed by atoms with Gasteiger partial charge in [-0.1, -0.05) is 31.5 Å². The Hall–Kier alpha value is -4.92. The van der Waals surface area contributed by atoms with Gasteiger partial charge in [-0.25, -0.2) is 9.07 Å². The number of nitrogens with one attached hydrogen (secondary N) is 1. The second kappa shape index (κ2) is 14.1. The third kappa shape index (κ3) is 7.62. The van der Waals surface area contributed by atoms with Crippen molar-refractivity contribution in [3.8, 4) is 28.4 Å². The SMILES string of the molecule is CCCCOc1ccc(-c2ccc([C@@H](Oc3cc(N4CCC5(CC4)CNC(C(=O)O)C5)nc(N)n3)C(F)(F)F)c(-n3ccc(C)n3)c2)cc1F. The normalized spacial score (nSPS) is 18.0. The molecule has 2 aliphatic heterocycles. The van der Waals surface area contributed by atoms with Crippen molar-refractivity contribution in [2.24, 2.45) is 5.41 Å². The monoisotopic (exact) mass is 697 g/mol. The Morgan fingerprint density at radius 2 is 1.86 bits per heavy atom. The smallest absolute Gasteiger partial charge is 0.429 e. The van der Waals surface area contributed by atoms with E-state index in [1.807, 2.05) is 11.8 Å². The number of nitrogen functional groups attached to an aromatic ring is 1. The fraction of sp³-hybridized carbons (Fsp3) is 0.429. The van der Waals surface area contributed by atoms with Gasteiger partial charge < -0.3 is 30.5 Å².